The average molecular weight is 269 g/mol. The molecule has 0 fully saturated rings. The van der Waals surface area contributed by atoms with Crippen LogP contribution in [-0.2, 0) is 22.1 Å². The fourth-order valence-electron chi connectivity index (χ4n) is 1.37. The van der Waals surface area contributed by atoms with Gasteiger partial charge in [0.05, 0.1) is 19.1 Å². The molecule has 0 aliphatic carbocycles. The van der Waals surface area contributed by atoms with Gasteiger partial charge in [0.15, 0.2) is 0 Å². The maximum atomic E-state index is 12.7. The molecule has 0 aliphatic rings. The molecule has 0 saturated carbocycles. The molecule has 3 nitrogen and oxygen atoms in total. The van der Waals surface area contributed by atoms with Crippen LogP contribution in [0.2, 0.25) is 0 Å². The van der Waals surface area contributed by atoms with Crippen molar-refractivity contribution in [2.75, 3.05) is 7.11 Å². The third-order valence-corrected chi connectivity index (χ3v) is 2.16. The SMILES string of the molecule is COC(=O)Cc1cncc(C(F)(F)F)c1C(F)F. The summed E-state index contributed by atoms with van der Waals surface area (Å²) in [6.45, 7) is 0. The highest BCUT2D eigenvalue weighted by Crippen LogP contribution is 2.37. The second-order valence-corrected chi connectivity index (χ2v) is 3.31. The van der Waals surface area contributed by atoms with Crippen molar-refractivity contribution < 1.29 is 31.5 Å². The van der Waals surface area contributed by atoms with E-state index in [9.17, 15) is 26.7 Å². The number of nitrogens with zero attached hydrogens (tertiary/aromatic N) is 1. The lowest BCUT2D eigenvalue weighted by Crippen LogP contribution is -2.15. The van der Waals surface area contributed by atoms with Gasteiger partial charge < -0.3 is 4.74 Å². The Hall–Kier alpha value is -1.73. The normalized spacial score (nSPS) is 11.7. The number of methoxy groups -OCH3 is 1. The van der Waals surface area contributed by atoms with E-state index in [-0.39, 0.29) is 0 Å². The summed E-state index contributed by atoms with van der Waals surface area (Å²) in [4.78, 5) is 14.2. The van der Waals surface area contributed by atoms with Crippen molar-refractivity contribution in [1.29, 1.82) is 0 Å². The van der Waals surface area contributed by atoms with E-state index in [4.69, 9.17) is 0 Å². The summed E-state index contributed by atoms with van der Waals surface area (Å²) in [5, 5.41) is 0. The van der Waals surface area contributed by atoms with Crippen LogP contribution in [0.5, 0.6) is 0 Å². The number of ether oxygens (including phenoxy) is 1. The van der Waals surface area contributed by atoms with Crippen LogP contribution in [0.25, 0.3) is 0 Å². The Labute approximate surface area is 98.6 Å². The summed E-state index contributed by atoms with van der Waals surface area (Å²) >= 11 is 0. The number of pyridine rings is 1. The van der Waals surface area contributed by atoms with Crippen molar-refractivity contribution in [3.63, 3.8) is 0 Å². The minimum Gasteiger partial charge on any atom is -0.469 e. The summed E-state index contributed by atoms with van der Waals surface area (Å²) in [5.74, 6) is -0.918. The Morgan fingerprint density at radius 1 is 1.39 bits per heavy atom. The van der Waals surface area contributed by atoms with Gasteiger partial charge in [0.2, 0.25) is 0 Å². The van der Waals surface area contributed by atoms with Crippen molar-refractivity contribution in [2.45, 2.75) is 19.0 Å². The molecule has 18 heavy (non-hydrogen) atoms. The predicted molar refractivity (Wildman–Crippen MR) is 49.9 cm³/mol. The van der Waals surface area contributed by atoms with Crippen molar-refractivity contribution in [3.05, 3.63) is 29.1 Å². The van der Waals surface area contributed by atoms with E-state index in [0.717, 1.165) is 13.3 Å². The van der Waals surface area contributed by atoms with Gasteiger partial charge in [0.25, 0.3) is 6.43 Å². The van der Waals surface area contributed by atoms with Gasteiger partial charge >= 0.3 is 12.1 Å². The third kappa shape index (κ3) is 3.14. The Morgan fingerprint density at radius 2 is 2.00 bits per heavy atom. The van der Waals surface area contributed by atoms with Crippen LogP contribution in [0.4, 0.5) is 22.0 Å². The minimum absolute atomic E-state index is 0.308. The van der Waals surface area contributed by atoms with E-state index in [0.29, 0.717) is 6.20 Å². The fraction of sp³-hybridized carbons (Fsp3) is 0.400. The highest BCUT2D eigenvalue weighted by molar-refractivity contribution is 5.73. The zero-order valence-electron chi connectivity index (χ0n) is 9.09. The summed E-state index contributed by atoms with van der Waals surface area (Å²) in [6, 6.07) is 0. The Kier molecular flexibility index (Phi) is 4.20. The monoisotopic (exact) mass is 269 g/mol. The zero-order chi connectivity index (χ0) is 13.9. The standard InChI is InChI=1S/C10H8F5NO2/c1-18-7(17)2-5-3-16-4-6(10(13,14)15)8(5)9(11)12/h3-4,9H,2H2,1H3. The molecule has 8 heteroatoms. The fourth-order valence-corrected chi connectivity index (χ4v) is 1.37. The molecule has 1 aromatic rings. The molecule has 0 atom stereocenters. The first-order valence-corrected chi connectivity index (χ1v) is 4.66. The van der Waals surface area contributed by atoms with Gasteiger partial charge in [-0.25, -0.2) is 8.78 Å². The topological polar surface area (TPSA) is 39.2 Å². The molecule has 0 amide bonds. The highest BCUT2D eigenvalue weighted by Gasteiger charge is 2.37. The molecule has 0 radical (unpaired) electrons. The molecular weight excluding hydrogens is 261 g/mol. The number of hydrogen-bond acceptors (Lipinski definition) is 3. The largest absolute Gasteiger partial charge is 0.469 e. The van der Waals surface area contributed by atoms with E-state index < -0.39 is 41.7 Å². The lowest BCUT2D eigenvalue weighted by atomic mass is 10.0. The molecule has 0 bridgehead atoms. The van der Waals surface area contributed by atoms with Gasteiger partial charge in [-0.2, -0.15) is 13.2 Å². The second kappa shape index (κ2) is 5.28. The van der Waals surface area contributed by atoms with Crippen LogP contribution in [-0.4, -0.2) is 18.1 Å². The summed E-state index contributed by atoms with van der Waals surface area (Å²) in [7, 11) is 1.01. The van der Waals surface area contributed by atoms with E-state index in [1.54, 1.807) is 0 Å². The maximum absolute atomic E-state index is 12.7. The van der Waals surface area contributed by atoms with Gasteiger partial charge in [-0.3, -0.25) is 9.78 Å². The summed E-state index contributed by atoms with van der Waals surface area (Å²) in [5.41, 5.74) is -3.27. The number of carbonyl (C=O) groups excluding carboxylic acids is 1. The van der Waals surface area contributed by atoms with Crippen LogP contribution in [0, 0.1) is 0 Å². The molecule has 1 rings (SSSR count). The van der Waals surface area contributed by atoms with Crippen LogP contribution in [0.15, 0.2) is 12.4 Å². The van der Waals surface area contributed by atoms with Crippen molar-refractivity contribution in [2.24, 2.45) is 0 Å². The number of aromatic nitrogens is 1. The summed E-state index contributed by atoms with van der Waals surface area (Å²) < 4.78 is 67.2. The Balaban J connectivity index is 3.31. The van der Waals surface area contributed by atoms with Crippen LogP contribution in [0.3, 0.4) is 0 Å². The van der Waals surface area contributed by atoms with Gasteiger partial charge in [0.1, 0.15) is 0 Å². The van der Waals surface area contributed by atoms with Crippen LogP contribution in [0.1, 0.15) is 23.1 Å². The number of carbonyl (C=O) groups is 1. The average Bonchev–Trinajstić information content (AvgIpc) is 2.27. The van der Waals surface area contributed by atoms with Gasteiger partial charge in [-0.15, -0.1) is 0 Å². The van der Waals surface area contributed by atoms with E-state index in [1.807, 2.05) is 0 Å². The van der Waals surface area contributed by atoms with E-state index in [1.165, 1.54) is 0 Å². The molecule has 0 spiro atoms. The van der Waals surface area contributed by atoms with Crippen molar-refractivity contribution >= 4 is 5.97 Å². The smallest absolute Gasteiger partial charge is 0.418 e. The lowest BCUT2D eigenvalue weighted by Gasteiger charge is -2.15. The first-order valence-electron chi connectivity index (χ1n) is 4.66. The van der Waals surface area contributed by atoms with Crippen molar-refractivity contribution in [3.8, 4) is 0 Å². The number of rotatable bonds is 3. The predicted octanol–water partition coefficient (Wildman–Crippen LogP) is 2.75. The molecular formula is C10H8F5NO2. The molecule has 1 aromatic heterocycles. The molecule has 100 valence electrons. The lowest BCUT2D eigenvalue weighted by molar-refractivity contribution is -0.141. The molecule has 0 aromatic carbocycles. The second-order valence-electron chi connectivity index (χ2n) is 3.31. The third-order valence-electron chi connectivity index (χ3n) is 2.16. The molecule has 0 aliphatic heterocycles. The number of hydrogen-bond donors (Lipinski definition) is 0. The Bertz CT molecular complexity index is 444. The molecule has 0 N–H and O–H groups in total. The van der Waals surface area contributed by atoms with E-state index in [2.05, 4.69) is 9.72 Å². The van der Waals surface area contributed by atoms with E-state index >= 15 is 0 Å². The molecule has 0 saturated heterocycles. The number of esters is 1. The van der Waals surface area contributed by atoms with Crippen molar-refractivity contribution in [1.82, 2.24) is 4.98 Å². The highest BCUT2D eigenvalue weighted by atomic mass is 19.4. The molecule has 0 unspecified atom stereocenters. The van der Waals surface area contributed by atoms with Gasteiger partial charge in [-0.05, 0) is 5.56 Å². The minimum atomic E-state index is -4.95. The van der Waals surface area contributed by atoms with Crippen LogP contribution >= 0.6 is 0 Å². The maximum Gasteiger partial charge on any atom is 0.418 e. The first kappa shape index (κ1) is 14.3. The first-order chi connectivity index (χ1) is 8.27. The number of halogens is 5. The molecule has 1 heterocycles. The number of alkyl halides is 5. The van der Waals surface area contributed by atoms with Gasteiger partial charge in [-0.1, -0.05) is 0 Å². The zero-order valence-corrected chi connectivity index (χ0v) is 9.09. The van der Waals surface area contributed by atoms with Gasteiger partial charge in [0, 0.05) is 18.0 Å². The quantitative estimate of drug-likeness (QED) is 0.625. The van der Waals surface area contributed by atoms with Crippen LogP contribution < -0.4 is 0 Å². The summed E-state index contributed by atoms with van der Waals surface area (Å²) in [6.07, 6.45) is -7.89. The Morgan fingerprint density at radius 3 is 2.44 bits per heavy atom.